The number of hydrogen-bond donors (Lipinski definition) is 1. The predicted octanol–water partition coefficient (Wildman–Crippen LogP) is 2.06. The van der Waals surface area contributed by atoms with Gasteiger partial charge in [-0.15, -0.1) is 12.4 Å². The van der Waals surface area contributed by atoms with Crippen molar-refractivity contribution in [3.05, 3.63) is 0 Å². The molecule has 4 heteroatoms. The maximum atomic E-state index is 12.8. The molecule has 1 aliphatic rings. The third kappa shape index (κ3) is 2.91. The second-order valence-corrected chi connectivity index (χ2v) is 2.95. The van der Waals surface area contributed by atoms with E-state index in [0.29, 0.717) is 13.0 Å². The van der Waals surface area contributed by atoms with E-state index >= 15 is 0 Å². The van der Waals surface area contributed by atoms with Crippen molar-refractivity contribution >= 4 is 12.4 Å². The van der Waals surface area contributed by atoms with Crippen LogP contribution in [0.3, 0.4) is 0 Å². The Bertz CT molecular complexity index is 119. The Morgan fingerprint density at radius 1 is 1.36 bits per heavy atom. The van der Waals surface area contributed by atoms with Crippen molar-refractivity contribution in [1.82, 2.24) is 5.32 Å². The van der Waals surface area contributed by atoms with Crippen molar-refractivity contribution in [2.24, 2.45) is 5.92 Å². The molecule has 0 aromatic rings. The molecule has 0 aromatic heterocycles. The molecule has 0 bridgehead atoms. The average molecular weight is 186 g/mol. The molecule has 1 fully saturated rings. The van der Waals surface area contributed by atoms with Crippen LogP contribution in [0.25, 0.3) is 0 Å². The van der Waals surface area contributed by atoms with Crippen molar-refractivity contribution in [1.29, 1.82) is 0 Å². The highest BCUT2D eigenvalue weighted by Gasteiger charge is 2.36. The first-order valence-corrected chi connectivity index (χ1v) is 3.71. The van der Waals surface area contributed by atoms with E-state index < -0.39 is 11.8 Å². The molecule has 68 valence electrons. The fourth-order valence-electron chi connectivity index (χ4n) is 1.16. The maximum absolute atomic E-state index is 12.8. The summed E-state index contributed by atoms with van der Waals surface area (Å²) >= 11 is 0. The molecule has 1 N–H and O–H groups in total. The zero-order chi connectivity index (χ0) is 7.61. The van der Waals surface area contributed by atoms with Crippen LogP contribution in [0.15, 0.2) is 0 Å². The second-order valence-electron chi connectivity index (χ2n) is 2.95. The Morgan fingerprint density at radius 2 is 2.00 bits per heavy atom. The van der Waals surface area contributed by atoms with Crippen LogP contribution in [0.5, 0.6) is 0 Å². The van der Waals surface area contributed by atoms with Crippen molar-refractivity contribution in [2.45, 2.75) is 25.7 Å². The van der Waals surface area contributed by atoms with Crippen LogP contribution in [0.4, 0.5) is 8.78 Å². The lowest BCUT2D eigenvalue weighted by Gasteiger charge is -2.19. The summed E-state index contributed by atoms with van der Waals surface area (Å²) in [5, 5.41) is 2.95. The molecule has 1 saturated heterocycles. The standard InChI is InChI=1S/C7H13F2N.ClH/c1-6-2-4-10-5-3-7(6,8)9;/h6,10H,2-5H2,1H3;1H. The van der Waals surface area contributed by atoms with Gasteiger partial charge < -0.3 is 5.32 Å². The fraction of sp³-hybridized carbons (Fsp3) is 1.00. The van der Waals surface area contributed by atoms with Crippen LogP contribution in [0.2, 0.25) is 0 Å². The number of rotatable bonds is 0. The summed E-state index contributed by atoms with van der Waals surface area (Å²) < 4.78 is 25.6. The minimum atomic E-state index is -2.44. The fourth-order valence-corrected chi connectivity index (χ4v) is 1.16. The van der Waals surface area contributed by atoms with Crippen molar-refractivity contribution < 1.29 is 8.78 Å². The van der Waals surface area contributed by atoms with Crippen molar-refractivity contribution in [2.75, 3.05) is 13.1 Å². The number of nitrogens with one attached hydrogen (secondary N) is 1. The van der Waals surface area contributed by atoms with Crippen molar-refractivity contribution in [3.63, 3.8) is 0 Å². The largest absolute Gasteiger partial charge is 0.316 e. The first-order chi connectivity index (χ1) is 4.63. The third-order valence-corrected chi connectivity index (χ3v) is 2.11. The highest BCUT2D eigenvalue weighted by Crippen LogP contribution is 2.31. The predicted molar refractivity (Wildman–Crippen MR) is 43.5 cm³/mol. The minimum Gasteiger partial charge on any atom is -0.316 e. The number of hydrogen-bond acceptors (Lipinski definition) is 1. The van der Waals surface area contributed by atoms with Gasteiger partial charge in [-0.05, 0) is 13.0 Å². The smallest absolute Gasteiger partial charge is 0.251 e. The quantitative estimate of drug-likeness (QED) is 0.609. The van der Waals surface area contributed by atoms with E-state index in [1.165, 1.54) is 0 Å². The Kier molecular flexibility index (Phi) is 4.26. The van der Waals surface area contributed by atoms with Gasteiger partial charge in [-0.2, -0.15) is 0 Å². The van der Waals surface area contributed by atoms with E-state index in [1.807, 2.05) is 0 Å². The Balaban J connectivity index is 0.000001000. The lowest BCUT2D eigenvalue weighted by molar-refractivity contribution is -0.0534. The first kappa shape index (κ1) is 11.1. The van der Waals surface area contributed by atoms with E-state index in [9.17, 15) is 8.78 Å². The van der Waals surface area contributed by atoms with Gasteiger partial charge in [-0.1, -0.05) is 6.92 Å². The molecule has 11 heavy (non-hydrogen) atoms. The Morgan fingerprint density at radius 3 is 2.64 bits per heavy atom. The van der Waals surface area contributed by atoms with E-state index in [2.05, 4.69) is 5.32 Å². The monoisotopic (exact) mass is 185 g/mol. The molecule has 0 aliphatic carbocycles. The van der Waals surface area contributed by atoms with E-state index in [4.69, 9.17) is 0 Å². The van der Waals surface area contributed by atoms with Crippen LogP contribution in [0.1, 0.15) is 19.8 Å². The van der Waals surface area contributed by atoms with Gasteiger partial charge in [0.05, 0.1) is 0 Å². The lowest BCUT2D eigenvalue weighted by atomic mass is 9.99. The van der Waals surface area contributed by atoms with Gasteiger partial charge >= 0.3 is 0 Å². The molecule has 1 rings (SSSR count). The van der Waals surface area contributed by atoms with Crippen LogP contribution < -0.4 is 5.32 Å². The Hall–Kier alpha value is 0.110. The molecule has 1 atom stereocenters. The van der Waals surface area contributed by atoms with Gasteiger partial charge in [0.1, 0.15) is 0 Å². The molecule has 0 amide bonds. The molecule has 0 aromatic carbocycles. The lowest BCUT2D eigenvalue weighted by Crippen LogP contribution is -2.25. The Labute approximate surface area is 72.0 Å². The molecule has 0 radical (unpaired) electrons. The number of halogens is 3. The molecule has 1 unspecified atom stereocenters. The normalized spacial score (nSPS) is 30.3. The van der Waals surface area contributed by atoms with Crippen LogP contribution in [0, 0.1) is 5.92 Å². The van der Waals surface area contributed by atoms with Gasteiger partial charge in [0.25, 0.3) is 5.92 Å². The first-order valence-electron chi connectivity index (χ1n) is 3.71. The zero-order valence-electron chi connectivity index (χ0n) is 6.57. The molecular formula is C7H14ClF2N. The maximum Gasteiger partial charge on any atom is 0.251 e. The minimum absolute atomic E-state index is 0. The average Bonchev–Trinajstić information content (AvgIpc) is 1.96. The molecule has 0 spiro atoms. The molecular weight excluding hydrogens is 172 g/mol. The molecule has 1 nitrogen and oxygen atoms in total. The van der Waals surface area contributed by atoms with Gasteiger partial charge in [-0.25, -0.2) is 8.78 Å². The van der Waals surface area contributed by atoms with E-state index in [0.717, 1.165) is 6.54 Å². The summed E-state index contributed by atoms with van der Waals surface area (Å²) in [5.74, 6) is -2.90. The highest BCUT2D eigenvalue weighted by molar-refractivity contribution is 5.85. The SMILES string of the molecule is CC1CCNCCC1(F)F.Cl. The topological polar surface area (TPSA) is 12.0 Å². The summed E-state index contributed by atoms with van der Waals surface area (Å²) in [6.07, 6.45) is 0.584. The third-order valence-electron chi connectivity index (χ3n) is 2.11. The van der Waals surface area contributed by atoms with Gasteiger partial charge in [-0.3, -0.25) is 0 Å². The van der Waals surface area contributed by atoms with E-state index in [1.54, 1.807) is 6.92 Å². The van der Waals surface area contributed by atoms with Gasteiger partial charge in [0.2, 0.25) is 0 Å². The van der Waals surface area contributed by atoms with Crippen molar-refractivity contribution in [3.8, 4) is 0 Å². The summed E-state index contributed by atoms with van der Waals surface area (Å²) in [5.41, 5.74) is 0. The highest BCUT2D eigenvalue weighted by atomic mass is 35.5. The summed E-state index contributed by atoms with van der Waals surface area (Å²) in [6, 6.07) is 0. The molecule has 1 heterocycles. The number of alkyl halides is 2. The summed E-state index contributed by atoms with van der Waals surface area (Å²) in [6.45, 7) is 2.81. The van der Waals surface area contributed by atoms with Crippen LogP contribution in [-0.4, -0.2) is 19.0 Å². The van der Waals surface area contributed by atoms with Crippen LogP contribution in [-0.2, 0) is 0 Å². The molecule has 1 aliphatic heterocycles. The van der Waals surface area contributed by atoms with Gasteiger partial charge in [0.15, 0.2) is 0 Å². The van der Waals surface area contributed by atoms with Crippen LogP contribution >= 0.6 is 12.4 Å². The van der Waals surface area contributed by atoms with E-state index in [-0.39, 0.29) is 18.8 Å². The zero-order valence-corrected chi connectivity index (χ0v) is 7.39. The molecule has 0 saturated carbocycles. The van der Waals surface area contributed by atoms with Gasteiger partial charge in [0, 0.05) is 18.9 Å². The summed E-state index contributed by atoms with van der Waals surface area (Å²) in [4.78, 5) is 0. The summed E-state index contributed by atoms with van der Waals surface area (Å²) in [7, 11) is 0. The second kappa shape index (κ2) is 4.21.